The molecule has 0 fully saturated rings. The Morgan fingerprint density at radius 3 is 2.77 bits per heavy atom. The van der Waals surface area contributed by atoms with Crippen LogP contribution in [-0.4, -0.2) is 40.4 Å². The number of allylic oxidation sites excluding steroid dienone is 1. The largest absolute Gasteiger partial charge is 0.361 e. The van der Waals surface area contributed by atoms with Gasteiger partial charge in [0, 0.05) is 55.7 Å². The number of H-pyrrole nitrogens is 1. The molecule has 4 rings (SSSR count). The van der Waals surface area contributed by atoms with Crippen molar-refractivity contribution in [1.29, 1.82) is 0 Å². The maximum atomic E-state index is 13.3. The van der Waals surface area contributed by atoms with Gasteiger partial charge in [-0.15, -0.1) is 0 Å². The number of carbonyl (C=O) groups excluding carboxylic acids is 1. The highest BCUT2D eigenvalue weighted by atomic mass is 16.2. The van der Waals surface area contributed by atoms with E-state index in [1.54, 1.807) is 12.4 Å². The fourth-order valence-corrected chi connectivity index (χ4v) is 4.40. The number of nitrogens with one attached hydrogen (secondary N) is 2. The minimum atomic E-state index is -0.183. The third-order valence-electron chi connectivity index (χ3n) is 6.03. The van der Waals surface area contributed by atoms with Crippen LogP contribution in [-0.2, 0) is 17.8 Å². The van der Waals surface area contributed by atoms with E-state index in [4.69, 9.17) is 0 Å². The predicted octanol–water partition coefficient (Wildman–Crippen LogP) is 4.17. The van der Waals surface area contributed by atoms with Crippen LogP contribution in [0, 0.1) is 5.92 Å². The second kappa shape index (κ2) is 9.26. The van der Waals surface area contributed by atoms with Crippen LogP contribution in [0.15, 0.2) is 55.0 Å². The van der Waals surface area contributed by atoms with E-state index in [2.05, 4.69) is 45.8 Å². The molecule has 0 aliphatic heterocycles. The smallest absolute Gasteiger partial charge is 0.230 e. The quantitative estimate of drug-likeness (QED) is 0.595. The zero-order valence-electron chi connectivity index (χ0n) is 17.8. The van der Waals surface area contributed by atoms with Gasteiger partial charge >= 0.3 is 0 Å². The van der Waals surface area contributed by atoms with Gasteiger partial charge in [0.25, 0.3) is 0 Å². The lowest BCUT2D eigenvalue weighted by Crippen LogP contribution is -2.39. The van der Waals surface area contributed by atoms with Gasteiger partial charge in [0.15, 0.2) is 0 Å². The zero-order valence-corrected chi connectivity index (χ0v) is 17.8. The van der Waals surface area contributed by atoms with E-state index in [9.17, 15) is 4.79 Å². The highest BCUT2D eigenvalue weighted by molar-refractivity contribution is 5.97. The number of amides is 1. The SMILES string of the molecule is CCN(CC)C(=O)C(/C=C1\CCc2c[nH]c3cccc1c23)CNCc1ccncc1. The number of hydrogen-bond donors (Lipinski definition) is 2. The molecule has 1 aliphatic rings. The van der Waals surface area contributed by atoms with Crippen molar-refractivity contribution in [2.45, 2.75) is 33.2 Å². The average Bonchev–Trinajstić information content (AvgIpc) is 3.21. The molecule has 5 heteroatoms. The molecule has 0 saturated heterocycles. The summed E-state index contributed by atoms with van der Waals surface area (Å²) in [7, 11) is 0. The average molecular weight is 403 g/mol. The van der Waals surface area contributed by atoms with Gasteiger partial charge in [-0.05, 0) is 67.2 Å². The Morgan fingerprint density at radius 1 is 1.20 bits per heavy atom. The van der Waals surface area contributed by atoms with E-state index < -0.39 is 0 Å². The molecule has 30 heavy (non-hydrogen) atoms. The van der Waals surface area contributed by atoms with Crippen LogP contribution in [0.25, 0.3) is 16.5 Å². The first-order chi connectivity index (χ1) is 14.7. The topological polar surface area (TPSA) is 61.0 Å². The molecule has 2 aromatic heterocycles. The molecule has 1 aromatic carbocycles. The number of aryl methyl sites for hydroxylation is 1. The second-order valence-electron chi connectivity index (χ2n) is 7.84. The maximum absolute atomic E-state index is 13.3. The van der Waals surface area contributed by atoms with Gasteiger partial charge in [-0.3, -0.25) is 9.78 Å². The maximum Gasteiger partial charge on any atom is 0.230 e. The molecule has 0 spiro atoms. The predicted molar refractivity (Wildman–Crippen MR) is 122 cm³/mol. The van der Waals surface area contributed by atoms with Gasteiger partial charge < -0.3 is 15.2 Å². The molecule has 0 radical (unpaired) electrons. The van der Waals surface area contributed by atoms with E-state index >= 15 is 0 Å². The number of hydrogen-bond acceptors (Lipinski definition) is 3. The third kappa shape index (κ3) is 4.17. The lowest BCUT2D eigenvalue weighted by molar-refractivity contribution is -0.133. The standard InChI is InChI=1S/C25H30N4O/c1-3-29(4-2)25(30)21(16-27-15-18-10-12-26-13-11-18)14-19-8-9-20-17-28-23-7-5-6-22(19)24(20)23/h5-7,10-14,17,21,27-28H,3-4,8-9,15-16H2,1-2H3/b19-14+. The minimum absolute atomic E-state index is 0.183. The number of nitrogens with zero attached hydrogens (tertiary/aromatic N) is 2. The lowest BCUT2D eigenvalue weighted by atomic mass is 9.86. The van der Waals surface area contributed by atoms with Crippen molar-refractivity contribution in [3.05, 3.63) is 71.7 Å². The summed E-state index contributed by atoms with van der Waals surface area (Å²) >= 11 is 0. The fraction of sp³-hybridized carbons (Fsp3) is 0.360. The molecular weight excluding hydrogens is 372 g/mol. The van der Waals surface area contributed by atoms with Crippen LogP contribution in [0.5, 0.6) is 0 Å². The number of carbonyl (C=O) groups is 1. The van der Waals surface area contributed by atoms with Gasteiger partial charge in [-0.1, -0.05) is 18.2 Å². The van der Waals surface area contributed by atoms with Gasteiger partial charge in [-0.2, -0.15) is 0 Å². The van der Waals surface area contributed by atoms with Crippen molar-refractivity contribution in [2.75, 3.05) is 19.6 Å². The highest BCUT2D eigenvalue weighted by Crippen LogP contribution is 2.36. The number of aromatic amines is 1. The summed E-state index contributed by atoms with van der Waals surface area (Å²) in [5, 5.41) is 4.80. The van der Waals surface area contributed by atoms with Gasteiger partial charge in [0.1, 0.15) is 0 Å². The summed E-state index contributed by atoms with van der Waals surface area (Å²) in [5.74, 6) is 0.0132. The molecule has 1 atom stereocenters. The second-order valence-corrected chi connectivity index (χ2v) is 7.84. The van der Waals surface area contributed by atoms with Crippen LogP contribution in [0.3, 0.4) is 0 Å². The number of pyridine rings is 1. The van der Waals surface area contributed by atoms with Crippen LogP contribution in [0.1, 0.15) is 37.0 Å². The molecule has 5 nitrogen and oxygen atoms in total. The molecule has 0 bridgehead atoms. The number of benzene rings is 1. The summed E-state index contributed by atoms with van der Waals surface area (Å²) in [5.41, 5.74) is 6.27. The Bertz CT molecular complexity index is 1030. The summed E-state index contributed by atoms with van der Waals surface area (Å²) in [4.78, 5) is 22.7. The van der Waals surface area contributed by atoms with E-state index in [1.807, 2.05) is 30.9 Å². The molecule has 0 saturated carbocycles. The Labute approximate surface area is 178 Å². The Hall–Kier alpha value is -2.92. The summed E-state index contributed by atoms with van der Waals surface area (Å²) in [6.07, 6.45) is 9.92. The minimum Gasteiger partial charge on any atom is -0.361 e. The number of aromatic nitrogens is 2. The normalized spacial score (nSPS) is 15.5. The Balaban J connectivity index is 1.60. The van der Waals surface area contributed by atoms with Crippen molar-refractivity contribution in [2.24, 2.45) is 5.92 Å². The highest BCUT2D eigenvalue weighted by Gasteiger charge is 2.24. The van der Waals surface area contributed by atoms with E-state index in [0.717, 1.165) is 32.5 Å². The number of rotatable bonds is 8. The molecule has 2 N–H and O–H groups in total. The molecule has 2 heterocycles. The monoisotopic (exact) mass is 402 g/mol. The van der Waals surface area contributed by atoms with Crippen LogP contribution < -0.4 is 5.32 Å². The van der Waals surface area contributed by atoms with Gasteiger partial charge in [-0.25, -0.2) is 0 Å². The first kappa shape index (κ1) is 20.4. The fourth-order valence-electron chi connectivity index (χ4n) is 4.40. The first-order valence-electron chi connectivity index (χ1n) is 10.9. The Kier molecular flexibility index (Phi) is 6.29. The zero-order chi connectivity index (χ0) is 20.9. The molecule has 1 unspecified atom stereocenters. The van der Waals surface area contributed by atoms with Crippen molar-refractivity contribution < 1.29 is 4.79 Å². The van der Waals surface area contributed by atoms with Crippen molar-refractivity contribution in [3.8, 4) is 0 Å². The van der Waals surface area contributed by atoms with Crippen molar-refractivity contribution >= 4 is 22.4 Å². The molecule has 1 aliphatic carbocycles. The first-order valence-corrected chi connectivity index (χ1v) is 10.9. The molecule has 156 valence electrons. The van der Waals surface area contributed by atoms with E-state index in [0.29, 0.717) is 6.54 Å². The van der Waals surface area contributed by atoms with Crippen LogP contribution in [0.2, 0.25) is 0 Å². The Morgan fingerprint density at radius 2 is 2.00 bits per heavy atom. The molecular formula is C25H30N4O. The van der Waals surface area contributed by atoms with Crippen molar-refractivity contribution in [1.82, 2.24) is 20.2 Å². The van der Waals surface area contributed by atoms with Crippen molar-refractivity contribution in [3.63, 3.8) is 0 Å². The van der Waals surface area contributed by atoms with Crippen LogP contribution >= 0.6 is 0 Å². The lowest BCUT2D eigenvalue weighted by Gasteiger charge is -2.25. The summed E-state index contributed by atoms with van der Waals surface area (Å²) < 4.78 is 0. The van der Waals surface area contributed by atoms with Crippen LogP contribution in [0.4, 0.5) is 0 Å². The van der Waals surface area contributed by atoms with E-state index in [1.165, 1.54) is 33.2 Å². The summed E-state index contributed by atoms with van der Waals surface area (Å²) in [6, 6.07) is 10.4. The van der Waals surface area contributed by atoms with E-state index in [-0.39, 0.29) is 11.8 Å². The third-order valence-corrected chi connectivity index (χ3v) is 6.03. The molecule has 1 amide bonds. The summed E-state index contributed by atoms with van der Waals surface area (Å²) in [6.45, 7) is 6.91. The van der Waals surface area contributed by atoms with Gasteiger partial charge in [0.2, 0.25) is 5.91 Å². The van der Waals surface area contributed by atoms with Gasteiger partial charge in [0.05, 0.1) is 5.92 Å². The molecule has 3 aromatic rings.